The van der Waals surface area contributed by atoms with E-state index in [1.807, 2.05) is 0 Å². The molecule has 0 radical (unpaired) electrons. The quantitative estimate of drug-likeness (QED) is 0.573. The molecule has 9 heteroatoms. The number of ether oxygens (including phenoxy) is 3. The molecular weight excluding hydrogens is 324 g/mol. The number of nitrogens with one attached hydrogen (secondary N) is 2. The molecule has 23 heavy (non-hydrogen) atoms. The van der Waals surface area contributed by atoms with E-state index in [1.54, 1.807) is 12.1 Å². The second-order valence-corrected chi connectivity index (χ2v) is 5.13. The van der Waals surface area contributed by atoms with Gasteiger partial charge in [-0.05, 0) is 18.3 Å². The van der Waals surface area contributed by atoms with Crippen LogP contribution in [0.5, 0.6) is 17.4 Å². The Morgan fingerprint density at radius 3 is 2.57 bits per heavy atom. The number of hydrogen-bond acceptors (Lipinski definition) is 7. The van der Waals surface area contributed by atoms with Crippen molar-refractivity contribution in [3.05, 3.63) is 43.9 Å². The largest absolute Gasteiger partial charge is 0.494 e. The van der Waals surface area contributed by atoms with Crippen LogP contribution < -0.4 is 15.0 Å². The first kappa shape index (κ1) is 15.1. The lowest BCUT2D eigenvalue weighted by molar-refractivity contribution is 0.0447. The number of carbonyl (C=O) groups is 1. The molecule has 0 spiro atoms. The Kier molecular flexibility index (Phi) is 3.57. The van der Waals surface area contributed by atoms with Crippen LogP contribution in [0.2, 0.25) is 0 Å². The lowest BCUT2D eigenvalue weighted by Gasteiger charge is -2.12. The van der Waals surface area contributed by atoms with E-state index in [-0.39, 0.29) is 21.6 Å². The number of methoxy groups -OCH3 is 2. The minimum absolute atomic E-state index is 0.0342. The van der Waals surface area contributed by atoms with Crippen molar-refractivity contribution < 1.29 is 24.1 Å². The fraction of sp³-hybridized carbons (Fsp3) is 0.214. The molecule has 1 aromatic carbocycles. The van der Waals surface area contributed by atoms with Gasteiger partial charge in [-0.3, -0.25) is 9.78 Å². The maximum atomic E-state index is 12.2. The molecule has 0 fully saturated rings. The van der Waals surface area contributed by atoms with Crippen LogP contribution in [-0.4, -0.2) is 35.3 Å². The van der Waals surface area contributed by atoms with Crippen molar-refractivity contribution in [1.82, 2.24) is 9.97 Å². The van der Waals surface area contributed by atoms with Gasteiger partial charge in [-0.1, -0.05) is 6.07 Å². The van der Waals surface area contributed by atoms with Crippen molar-refractivity contribution in [2.45, 2.75) is 6.10 Å². The first-order valence-electron chi connectivity index (χ1n) is 6.49. The molecule has 120 valence electrons. The van der Waals surface area contributed by atoms with Crippen LogP contribution in [0, 0.1) is 4.77 Å². The van der Waals surface area contributed by atoms with E-state index in [4.69, 9.17) is 26.4 Å². The van der Waals surface area contributed by atoms with Crippen molar-refractivity contribution in [2.24, 2.45) is 0 Å². The molecule has 2 aromatic rings. The van der Waals surface area contributed by atoms with E-state index >= 15 is 0 Å². The molecule has 0 amide bonds. The molecule has 0 saturated carbocycles. The number of rotatable bonds is 3. The van der Waals surface area contributed by atoms with Crippen molar-refractivity contribution in [1.29, 1.82) is 0 Å². The highest BCUT2D eigenvalue weighted by Gasteiger charge is 2.39. The third kappa shape index (κ3) is 2.25. The topological polar surface area (TPSA) is 114 Å². The van der Waals surface area contributed by atoms with Gasteiger partial charge in [0, 0.05) is 5.56 Å². The SMILES string of the molecule is COc1ccc2c(c1OC)C(=O)O[C@@H]2c1c(O)[nH]c(=S)[nH]c1=O. The van der Waals surface area contributed by atoms with Crippen LogP contribution in [0.4, 0.5) is 0 Å². The van der Waals surface area contributed by atoms with Crippen LogP contribution in [0.15, 0.2) is 16.9 Å². The van der Waals surface area contributed by atoms with Crippen LogP contribution >= 0.6 is 12.2 Å². The Morgan fingerprint density at radius 1 is 1.22 bits per heavy atom. The summed E-state index contributed by atoms with van der Waals surface area (Å²) < 4.78 is 15.6. The van der Waals surface area contributed by atoms with Gasteiger partial charge in [-0.25, -0.2) is 4.79 Å². The summed E-state index contributed by atoms with van der Waals surface area (Å²) in [6.45, 7) is 0. The van der Waals surface area contributed by atoms with Gasteiger partial charge in [0.25, 0.3) is 5.56 Å². The van der Waals surface area contributed by atoms with E-state index < -0.39 is 23.5 Å². The fourth-order valence-electron chi connectivity index (χ4n) is 2.54. The first-order chi connectivity index (χ1) is 11.0. The fourth-order valence-corrected chi connectivity index (χ4v) is 2.73. The normalized spacial score (nSPS) is 15.9. The van der Waals surface area contributed by atoms with Gasteiger partial charge in [0.2, 0.25) is 5.88 Å². The van der Waals surface area contributed by atoms with Gasteiger partial charge in [-0.2, -0.15) is 0 Å². The summed E-state index contributed by atoms with van der Waals surface area (Å²) >= 11 is 4.78. The molecule has 1 atom stereocenters. The molecule has 3 N–H and O–H groups in total. The van der Waals surface area contributed by atoms with Crippen molar-refractivity contribution in [3.8, 4) is 17.4 Å². The first-order valence-corrected chi connectivity index (χ1v) is 6.90. The monoisotopic (exact) mass is 336 g/mol. The Labute approximate surface area is 134 Å². The average molecular weight is 336 g/mol. The second-order valence-electron chi connectivity index (χ2n) is 4.72. The van der Waals surface area contributed by atoms with Gasteiger partial charge in [0.05, 0.1) is 14.2 Å². The smallest absolute Gasteiger partial charge is 0.343 e. The summed E-state index contributed by atoms with van der Waals surface area (Å²) in [5.74, 6) is -0.576. The molecule has 2 heterocycles. The Hall–Kier alpha value is -2.81. The molecule has 8 nitrogen and oxygen atoms in total. The number of hydrogen-bond donors (Lipinski definition) is 3. The van der Waals surface area contributed by atoms with Crippen LogP contribution in [0.25, 0.3) is 0 Å². The predicted octanol–water partition coefficient (Wildman–Crippen LogP) is 1.42. The van der Waals surface area contributed by atoms with Crippen molar-refractivity contribution in [2.75, 3.05) is 14.2 Å². The maximum absolute atomic E-state index is 12.2. The van der Waals surface area contributed by atoms with E-state index in [0.717, 1.165) is 0 Å². The summed E-state index contributed by atoms with van der Waals surface area (Å²) in [6.07, 6.45) is -1.08. The number of H-pyrrole nitrogens is 2. The summed E-state index contributed by atoms with van der Waals surface area (Å²) in [5.41, 5.74) is -0.248. The lowest BCUT2D eigenvalue weighted by Crippen LogP contribution is -2.18. The standard InChI is InChI=1S/C14H12N2O6S/c1-20-6-4-3-5-7(10(6)21-2)13(19)22-9(5)8-11(17)15-14(23)16-12(8)18/h3-4,9H,1-2H3,(H3,15,16,17,18,23)/t9-/m0/s1. The zero-order chi connectivity index (χ0) is 16.7. The number of carbonyl (C=O) groups excluding carboxylic acids is 1. The highest BCUT2D eigenvalue weighted by molar-refractivity contribution is 7.71. The Balaban J connectivity index is 2.25. The summed E-state index contributed by atoms with van der Waals surface area (Å²) in [4.78, 5) is 29.1. The third-order valence-electron chi connectivity index (χ3n) is 3.51. The molecule has 3 rings (SSSR count). The minimum Gasteiger partial charge on any atom is -0.494 e. The van der Waals surface area contributed by atoms with Crippen molar-refractivity contribution in [3.63, 3.8) is 0 Å². The van der Waals surface area contributed by atoms with Gasteiger partial charge in [0.15, 0.2) is 22.4 Å². The number of aromatic nitrogens is 2. The summed E-state index contributed by atoms with van der Waals surface area (Å²) in [6, 6.07) is 3.16. The molecule has 0 saturated heterocycles. The van der Waals surface area contributed by atoms with Gasteiger partial charge >= 0.3 is 5.97 Å². The van der Waals surface area contributed by atoms with E-state index in [1.165, 1.54) is 14.2 Å². The lowest BCUT2D eigenvalue weighted by atomic mass is 9.99. The zero-order valence-electron chi connectivity index (χ0n) is 12.1. The van der Waals surface area contributed by atoms with E-state index in [0.29, 0.717) is 11.3 Å². The Bertz CT molecular complexity index is 916. The predicted molar refractivity (Wildman–Crippen MR) is 80.7 cm³/mol. The van der Waals surface area contributed by atoms with Gasteiger partial charge < -0.3 is 24.3 Å². The second kappa shape index (κ2) is 5.43. The van der Waals surface area contributed by atoms with E-state index in [2.05, 4.69) is 9.97 Å². The number of benzene rings is 1. The number of fused-ring (bicyclic) bond motifs is 1. The van der Waals surface area contributed by atoms with E-state index in [9.17, 15) is 14.7 Å². The Morgan fingerprint density at radius 2 is 1.96 bits per heavy atom. The highest BCUT2D eigenvalue weighted by Crippen LogP contribution is 2.44. The molecule has 1 aromatic heterocycles. The molecule has 0 bridgehead atoms. The molecule has 0 unspecified atom stereocenters. The summed E-state index contributed by atoms with van der Waals surface area (Å²) in [5, 5.41) is 9.98. The summed E-state index contributed by atoms with van der Waals surface area (Å²) in [7, 11) is 2.83. The number of aromatic amines is 2. The number of esters is 1. The molecule has 1 aliphatic heterocycles. The minimum atomic E-state index is -1.08. The third-order valence-corrected chi connectivity index (χ3v) is 3.71. The molecular formula is C14H12N2O6S. The van der Waals surface area contributed by atoms with Crippen LogP contribution in [-0.2, 0) is 4.74 Å². The molecule has 1 aliphatic rings. The zero-order valence-corrected chi connectivity index (χ0v) is 12.9. The number of aromatic hydroxyl groups is 1. The number of cyclic esters (lactones) is 1. The van der Waals surface area contributed by atoms with Crippen LogP contribution in [0.3, 0.4) is 0 Å². The maximum Gasteiger partial charge on any atom is 0.343 e. The van der Waals surface area contributed by atoms with Crippen molar-refractivity contribution >= 4 is 18.2 Å². The highest BCUT2D eigenvalue weighted by atomic mass is 32.1. The average Bonchev–Trinajstić information content (AvgIpc) is 2.82. The van der Waals surface area contributed by atoms with Crippen LogP contribution in [0.1, 0.15) is 27.6 Å². The van der Waals surface area contributed by atoms with Gasteiger partial charge in [0.1, 0.15) is 11.1 Å². The molecule has 0 aliphatic carbocycles. The van der Waals surface area contributed by atoms with Gasteiger partial charge in [-0.15, -0.1) is 0 Å².